The maximum absolute atomic E-state index is 11.5. The van der Waals surface area contributed by atoms with E-state index in [2.05, 4.69) is 4.74 Å². The lowest BCUT2D eigenvalue weighted by molar-refractivity contribution is -0.139. The lowest BCUT2D eigenvalue weighted by Crippen LogP contribution is -2.11. The second-order valence-electron chi connectivity index (χ2n) is 2.94. The highest BCUT2D eigenvalue weighted by atomic mass is 32.2. The number of carbonyl (C=O) groups is 2. The zero-order valence-electron chi connectivity index (χ0n) is 8.65. The van der Waals surface area contributed by atoms with Crippen LogP contribution >= 0.6 is 11.8 Å². The molecule has 80 valence electrons. The summed E-state index contributed by atoms with van der Waals surface area (Å²) in [6.45, 7) is 1.10. The molecule has 15 heavy (non-hydrogen) atoms. The molecule has 0 atom stereocenters. The summed E-state index contributed by atoms with van der Waals surface area (Å²) in [6, 6.07) is 7.24. The molecule has 0 aromatic heterocycles. The van der Waals surface area contributed by atoms with E-state index in [0.717, 1.165) is 4.90 Å². The number of thioether (sulfide) groups is 1. The first kappa shape index (κ1) is 11.8. The van der Waals surface area contributed by atoms with Gasteiger partial charge in [0.15, 0.2) is 12.4 Å². The van der Waals surface area contributed by atoms with Crippen molar-refractivity contribution in [1.82, 2.24) is 0 Å². The number of ether oxygens (including phenoxy) is 1. The molecule has 0 aliphatic rings. The monoisotopic (exact) mass is 224 g/mol. The molecule has 0 unspecified atom stereocenters. The maximum atomic E-state index is 11.5. The van der Waals surface area contributed by atoms with Crippen LogP contribution in [0.5, 0.6) is 0 Å². The number of Topliss-reactive ketones (excluding diaryl/α,β-unsaturated/α-hetero) is 1. The number of esters is 1. The lowest BCUT2D eigenvalue weighted by Gasteiger charge is -2.03. The Balaban J connectivity index is 2.69. The minimum atomic E-state index is -0.440. The van der Waals surface area contributed by atoms with E-state index in [1.807, 2.05) is 18.4 Å². The number of hydrogen-bond donors (Lipinski definition) is 0. The molecule has 0 bridgehead atoms. The van der Waals surface area contributed by atoms with Gasteiger partial charge in [0.1, 0.15) is 0 Å². The number of ketones is 1. The second-order valence-corrected chi connectivity index (χ2v) is 3.82. The highest BCUT2D eigenvalue weighted by Gasteiger charge is 2.07. The Bertz CT molecular complexity index is 374. The van der Waals surface area contributed by atoms with Crippen molar-refractivity contribution in [3.05, 3.63) is 29.8 Å². The van der Waals surface area contributed by atoms with Crippen molar-refractivity contribution in [3.63, 3.8) is 0 Å². The fraction of sp³-hybridized carbons (Fsp3) is 0.273. The lowest BCUT2D eigenvalue weighted by atomic mass is 10.1. The van der Waals surface area contributed by atoms with Crippen LogP contribution < -0.4 is 0 Å². The summed E-state index contributed by atoms with van der Waals surface area (Å²) in [7, 11) is 0. The highest BCUT2D eigenvalue weighted by Crippen LogP contribution is 2.16. The number of rotatable bonds is 4. The normalized spacial score (nSPS) is 9.73. The van der Waals surface area contributed by atoms with Gasteiger partial charge < -0.3 is 4.74 Å². The van der Waals surface area contributed by atoms with E-state index in [4.69, 9.17) is 0 Å². The summed E-state index contributed by atoms with van der Waals surface area (Å²) in [6.07, 6.45) is 1.94. The smallest absolute Gasteiger partial charge is 0.303 e. The third kappa shape index (κ3) is 3.75. The summed E-state index contributed by atoms with van der Waals surface area (Å²) in [5, 5.41) is 0. The third-order valence-corrected chi connectivity index (χ3v) is 2.52. The van der Waals surface area contributed by atoms with Crippen molar-refractivity contribution in [2.24, 2.45) is 0 Å². The molecule has 1 aromatic carbocycles. The molecule has 0 saturated heterocycles. The Labute approximate surface area is 92.8 Å². The molecule has 0 amide bonds. The number of benzene rings is 1. The maximum Gasteiger partial charge on any atom is 0.303 e. The molecule has 4 heteroatoms. The molecule has 0 saturated carbocycles. The fourth-order valence-corrected chi connectivity index (χ4v) is 1.51. The Hall–Kier alpha value is -1.29. The van der Waals surface area contributed by atoms with Crippen molar-refractivity contribution in [1.29, 1.82) is 0 Å². The van der Waals surface area contributed by atoms with Crippen LogP contribution in [-0.2, 0) is 9.53 Å². The van der Waals surface area contributed by atoms with Gasteiger partial charge in [-0.3, -0.25) is 9.59 Å². The molecular weight excluding hydrogens is 212 g/mol. The Kier molecular flexibility index (Phi) is 4.37. The molecule has 1 aromatic rings. The second kappa shape index (κ2) is 5.56. The molecule has 0 fully saturated rings. The topological polar surface area (TPSA) is 43.4 Å². The van der Waals surface area contributed by atoms with E-state index in [0.29, 0.717) is 5.56 Å². The van der Waals surface area contributed by atoms with Gasteiger partial charge in [-0.15, -0.1) is 11.8 Å². The minimum Gasteiger partial charge on any atom is -0.457 e. The first-order valence-corrected chi connectivity index (χ1v) is 5.66. The van der Waals surface area contributed by atoms with Crippen LogP contribution in [0.3, 0.4) is 0 Å². The molecule has 0 radical (unpaired) electrons. The molecule has 1 rings (SSSR count). The Morgan fingerprint density at radius 1 is 1.40 bits per heavy atom. The van der Waals surface area contributed by atoms with Crippen molar-refractivity contribution >= 4 is 23.5 Å². The van der Waals surface area contributed by atoms with Crippen LogP contribution in [0.25, 0.3) is 0 Å². The van der Waals surface area contributed by atoms with Gasteiger partial charge in [0.2, 0.25) is 0 Å². The molecule has 0 aliphatic carbocycles. The number of hydrogen-bond acceptors (Lipinski definition) is 4. The largest absolute Gasteiger partial charge is 0.457 e. The van der Waals surface area contributed by atoms with Gasteiger partial charge in [-0.1, -0.05) is 12.1 Å². The van der Waals surface area contributed by atoms with E-state index in [1.165, 1.54) is 6.92 Å². The zero-order valence-corrected chi connectivity index (χ0v) is 9.47. The van der Waals surface area contributed by atoms with Gasteiger partial charge in [0.05, 0.1) is 0 Å². The third-order valence-electron chi connectivity index (χ3n) is 1.80. The predicted octanol–water partition coefficient (Wildman–Crippen LogP) is 2.15. The fourth-order valence-electron chi connectivity index (χ4n) is 1.05. The van der Waals surface area contributed by atoms with E-state index in [-0.39, 0.29) is 12.4 Å². The van der Waals surface area contributed by atoms with Crippen LogP contribution in [0.15, 0.2) is 29.2 Å². The van der Waals surface area contributed by atoms with Crippen LogP contribution in [-0.4, -0.2) is 24.6 Å². The molecule has 0 aliphatic heterocycles. The van der Waals surface area contributed by atoms with Gasteiger partial charge in [-0.05, 0) is 18.4 Å². The van der Waals surface area contributed by atoms with Crippen LogP contribution in [0, 0.1) is 0 Å². The van der Waals surface area contributed by atoms with Gasteiger partial charge in [-0.25, -0.2) is 0 Å². The number of carbonyl (C=O) groups excluding carboxylic acids is 2. The summed E-state index contributed by atoms with van der Waals surface area (Å²) >= 11 is 1.56. The molecule has 3 nitrogen and oxygen atoms in total. The first-order valence-electron chi connectivity index (χ1n) is 4.44. The van der Waals surface area contributed by atoms with E-state index in [9.17, 15) is 9.59 Å². The predicted molar refractivity (Wildman–Crippen MR) is 59.2 cm³/mol. The first-order chi connectivity index (χ1) is 7.13. The zero-order chi connectivity index (χ0) is 11.3. The van der Waals surface area contributed by atoms with Crippen molar-refractivity contribution in [2.45, 2.75) is 11.8 Å². The standard InChI is InChI=1S/C11H12O3S/c1-8(12)14-7-11(13)9-4-3-5-10(6-9)15-2/h3-6H,7H2,1-2H3. The average molecular weight is 224 g/mol. The summed E-state index contributed by atoms with van der Waals surface area (Å²) in [5.74, 6) is -0.620. The van der Waals surface area contributed by atoms with E-state index < -0.39 is 5.97 Å². The minimum absolute atomic E-state index is 0.180. The molecule has 0 spiro atoms. The van der Waals surface area contributed by atoms with Crippen molar-refractivity contribution in [3.8, 4) is 0 Å². The van der Waals surface area contributed by atoms with Crippen molar-refractivity contribution in [2.75, 3.05) is 12.9 Å². The summed E-state index contributed by atoms with van der Waals surface area (Å²) < 4.78 is 4.64. The molecule has 0 N–H and O–H groups in total. The molecular formula is C11H12O3S. The molecule has 0 heterocycles. The summed E-state index contributed by atoms with van der Waals surface area (Å²) in [4.78, 5) is 23.1. The van der Waals surface area contributed by atoms with Gasteiger partial charge in [0.25, 0.3) is 0 Å². The van der Waals surface area contributed by atoms with E-state index in [1.54, 1.807) is 23.9 Å². The van der Waals surface area contributed by atoms with Crippen LogP contribution in [0.2, 0.25) is 0 Å². The van der Waals surface area contributed by atoms with Gasteiger partial charge >= 0.3 is 5.97 Å². The van der Waals surface area contributed by atoms with Crippen molar-refractivity contribution < 1.29 is 14.3 Å². The Morgan fingerprint density at radius 2 is 2.13 bits per heavy atom. The van der Waals surface area contributed by atoms with Crippen LogP contribution in [0.4, 0.5) is 0 Å². The SMILES string of the molecule is CSc1cccc(C(=O)COC(C)=O)c1. The van der Waals surface area contributed by atoms with E-state index >= 15 is 0 Å². The highest BCUT2D eigenvalue weighted by molar-refractivity contribution is 7.98. The average Bonchev–Trinajstić information content (AvgIpc) is 2.26. The van der Waals surface area contributed by atoms with Gasteiger partial charge in [-0.2, -0.15) is 0 Å². The quantitative estimate of drug-likeness (QED) is 0.446. The van der Waals surface area contributed by atoms with Gasteiger partial charge in [0, 0.05) is 17.4 Å². The Morgan fingerprint density at radius 3 is 2.73 bits per heavy atom. The summed E-state index contributed by atoms with van der Waals surface area (Å²) in [5.41, 5.74) is 0.572. The van der Waals surface area contributed by atoms with Crippen LogP contribution in [0.1, 0.15) is 17.3 Å².